The van der Waals surface area contributed by atoms with Crippen molar-refractivity contribution in [2.24, 2.45) is 0 Å². The Balaban J connectivity index is 1.51. The van der Waals surface area contributed by atoms with Gasteiger partial charge in [-0.05, 0) is 104 Å². The van der Waals surface area contributed by atoms with Crippen LogP contribution in [0.25, 0.3) is 16.3 Å². The number of fused-ring (bicyclic) bond motifs is 1. The van der Waals surface area contributed by atoms with E-state index in [1.807, 2.05) is 0 Å². The van der Waals surface area contributed by atoms with Crippen molar-refractivity contribution in [3.05, 3.63) is 161 Å². The monoisotopic (exact) mass is 602 g/mol. The van der Waals surface area contributed by atoms with Crippen LogP contribution in [0.3, 0.4) is 0 Å². The average molecular weight is 603 g/mol. The molecule has 1 aliphatic rings. The lowest BCUT2D eigenvalue weighted by Crippen LogP contribution is -2.17. The maximum Gasteiger partial charge on any atom is 0.208 e. The summed E-state index contributed by atoms with van der Waals surface area (Å²) in [6.07, 6.45) is 9.12. The molecule has 0 heterocycles. The maximum absolute atomic E-state index is 3.57. The molecular formula is C43H44N3+. The Morgan fingerprint density at radius 2 is 1.30 bits per heavy atom. The normalized spacial score (nSPS) is 12.5. The van der Waals surface area contributed by atoms with E-state index in [0.29, 0.717) is 0 Å². The van der Waals surface area contributed by atoms with Crippen molar-refractivity contribution >= 4 is 44.8 Å². The minimum Gasteiger partial charge on any atom is -0.385 e. The van der Waals surface area contributed by atoms with Gasteiger partial charge in [-0.1, -0.05) is 78.9 Å². The van der Waals surface area contributed by atoms with Gasteiger partial charge in [-0.3, -0.25) is 0 Å². The zero-order chi connectivity index (χ0) is 32.0. The third-order valence-electron chi connectivity index (χ3n) is 8.94. The number of nitrogens with zero attached hydrogens (tertiary/aromatic N) is 2. The molecular weight excluding hydrogens is 558 g/mol. The average Bonchev–Trinajstić information content (AvgIpc) is 3.09. The highest BCUT2D eigenvalue weighted by molar-refractivity contribution is 6.07. The zero-order valence-electron chi connectivity index (χ0n) is 27.7. The first-order chi connectivity index (χ1) is 22.5. The quantitative estimate of drug-likeness (QED) is 0.169. The summed E-state index contributed by atoms with van der Waals surface area (Å²) in [7, 11) is 0. The van der Waals surface area contributed by atoms with Gasteiger partial charge in [-0.15, -0.1) is 0 Å². The minimum absolute atomic E-state index is 0.881. The molecule has 0 radical (unpaired) electrons. The third-order valence-corrected chi connectivity index (χ3v) is 8.94. The van der Waals surface area contributed by atoms with Gasteiger partial charge in [0, 0.05) is 59.3 Å². The lowest BCUT2D eigenvalue weighted by molar-refractivity contribution is -0.435. The van der Waals surface area contributed by atoms with Crippen molar-refractivity contribution in [3.63, 3.8) is 0 Å². The number of hydrogen-bond donors (Lipinski definition) is 1. The van der Waals surface area contributed by atoms with E-state index in [0.717, 1.165) is 19.6 Å². The number of anilines is 3. The molecule has 230 valence electrons. The van der Waals surface area contributed by atoms with Crippen LogP contribution in [-0.4, -0.2) is 29.9 Å². The standard InChI is InChI=1S/C43H43N3/c1-6-44-40-30-29-39(37-17-11-12-18-38(37)40)43(33-21-25-35(26-22-33)45(7-2)41-19-13-9-15-31(41)4)34-23-27-36(28-24-34)46(8-3)42-20-14-10-16-32(42)5/h9-30H,6-8H2,1-5H3/p+1. The third kappa shape index (κ3) is 6.06. The van der Waals surface area contributed by atoms with Crippen LogP contribution in [0.4, 0.5) is 22.7 Å². The SMILES string of the molecule is CCNc1ccc(C(=C2C=CC(=[N+](CC)c3ccccc3C)C=C2)c2ccc(N(CC)c3ccccc3C)cc2)c2ccccc12. The molecule has 0 saturated heterocycles. The fraction of sp³-hybridized carbons (Fsp3) is 0.186. The second-order valence-electron chi connectivity index (χ2n) is 11.8. The summed E-state index contributed by atoms with van der Waals surface area (Å²) in [6.45, 7) is 13.6. The van der Waals surface area contributed by atoms with Crippen molar-refractivity contribution in [2.45, 2.75) is 34.6 Å². The number of allylic oxidation sites excluding steroid dienone is 5. The molecule has 1 N–H and O–H groups in total. The van der Waals surface area contributed by atoms with E-state index in [-0.39, 0.29) is 0 Å². The van der Waals surface area contributed by atoms with Crippen LogP contribution in [0.2, 0.25) is 0 Å². The molecule has 0 spiro atoms. The molecule has 1 aliphatic carbocycles. The van der Waals surface area contributed by atoms with Gasteiger partial charge in [-0.25, -0.2) is 0 Å². The number of aryl methyl sites for hydroxylation is 2. The van der Waals surface area contributed by atoms with Crippen molar-refractivity contribution in [2.75, 3.05) is 29.9 Å². The lowest BCUT2D eigenvalue weighted by atomic mass is 9.87. The number of para-hydroxylation sites is 2. The first-order valence-electron chi connectivity index (χ1n) is 16.5. The predicted molar refractivity (Wildman–Crippen MR) is 199 cm³/mol. The summed E-state index contributed by atoms with van der Waals surface area (Å²) < 4.78 is 2.39. The van der Waals surface area contributed by atoms with E-state index in [1.165, 1.54) is 72.6 Å². The smallest absolute Gasteiger partial charge is 0.208 e. The summed E-state index contributed by atoms with van der Waals surface area (Å²) in [4.78, 5) is 2.39. The highest BCUT2D eigenvalue weighted by Crippen LogP contribution is 2.38. The van der Waals surface area contributed by atoms with Crippen molar-refractivity contribution in [1.29, 1.82) is 0 Å². The van der Waals surface area contributed by atoms with Gasteiger partial charge in [0.15, 0.2) is 0 Å². The molecule has 0 atom stereocenters. The molecule has 6 rings (SSSR count). The van der Waals surface area contributed by atoms with E-state index in [2.05, 4.69) is 183 Å². The maximum atomic E-state index is 3.57. The van der Waals surface area contributed by atoms with Gasteiger partial charge >= 0.3 is 0 Å². The van der Waals surface area contributed by atoms with Crippen LogP contribution in [0, 0.1) is 13.8 Å². The van der Waals surface area contributed by atoms with E-state index >= 15 is 0 Å². The van der Waals surface area contributed by atoms with Gasteiger partial charge in [0.25, 0.3) is 0 Å². The first-order valence-corrected chi connectivity index (χ1v) is 16.5. The fourth-order valence-electron chi connectivity index (χ4n) is 6.67. The minimum atomic E-state index is 0.881. The Morgan fingerprint density at radius 3 is 1.96 bits per heavy atom. The molecule has 0 bridgehead atoms. The van der Waals surface area contributed by atoms with Crippen LogP contribution in [0.5, 0.6) is 0 Å². The number of hydrogen-bond acceptors (Lipinski definition) is 2. The van der Waals surface area contributed by atoms with Gasteiger partial charge in [0.05, 0.1) is 0 Å². The van der Waals surface area contributed by atoms with Crippen LogP contribution >= 0.6 is 0 Å². The fourth-order valence-corrected chi connectivity index (χ4v) is 6.67. The predicted octanol–water partition coefficient (Wildman–Crippen LogP) is 10.8. The largest absolute Gasteiger partial charge is 0.385 e. The molecule has 3 heteroatoms. The summed E-state index contributed by atoms with van der Waals surface area (Å²) in [5.41, 5.74) is 13.5. The van der Waals surface area contributed by atoms with E-state index in [9.17, 15) is 0 Å². The molecule has 0 unspecified atom stereocenters. The molecule has 0 aromatic heterocycles. The highest BCUT2D eigenvalue weighted by atomic mass is 15.1. The Bertz CT molecular complexity index is 1970. The van der Waals surface area contributed by atoms with E-state index in [1.54, 1.807) is 0 Å². The number of nitrogens with one attached hydrogen (secondary N) is 1. The van der Waals surface area contributed by atoms with Crippen molar-refractivity contribution in [1.82, 2.24) is 0 Å². The second-order valence-corrected chi connectivity index (χ2v) is 11.8. The molecule has 5 aromatic carbocycles. The Labute approximate surface area is 274 Å². The second kappa shape index (κ2) is 13.9. The summed E-state index contributed by atoms with van der Waals surface area (Å²) >= 11 is 0. The lowest BCUT2D eigenvalue weighted by Gasteiger charge is -2.25. The summed E-state index contributed by atoms with van der Waals surface area (Å²) in [6, 6.07) is 39.6. The van der Waals surface area contributed by atoms with Crippen molar-refractivity contribution < 1.29 is 4.58 Å². The van der Waals surface area contributed by atoms with Gasteiger partial charge < -0.3 is 10.2 Å². The molecule has 3 nitrogen and oxygen atoms in total. The zero-order valence-corrected chi connectivity index (χ0v) is 27.7. The number of benzene rings is 5. The Kier molecular flexibility index (Phi) is 9.30. The van der Waals surface area contributed by atoms with Crippen LogP contribution in [0.1, 0.15) is 43.0 Å². The molecule has 46 heavy (non-hydrogen) atoms. The topological polar surface area (TPSA) is 18.3 Å². The van der Waals surface area contributed by atoms with Gasteiger partial charge in [0.2, 0.25) is 11.4 Å². The van der Waals surface area contributed by atoms with Gasteiger partial charge in [0.1, 0.15) is 6.54 Å². The Morgan fingerprint density at radius 1 is 0.652 bits per heavy atom. The molecule has 0 fully saturated rings. The molecule has 0 saturated carbocycles. The first kappa shape index (κ1) is 30.9. The van der Waals surface area contributed by atoms with Crippen LogP contribution < -0.4 is 10.2 Å². The number of rotatable bonds is 9. The summed E-state index contributed by atoms with van der Waals surface area (Å²) in [5.74, 6) is 0. The van der Waals surface area contributed by atoms with Gasteiger partial charge in [-0.2, -0.15) is 4.58 Å². The Hall–Kier alpha value is -5.15. The molecule has 5 aromatic rings. The molecule has 0 amide bonds. The van der Waals surface area contributed by atoms with Crippen molar-refractivity contribution in [3.8, 4) is 0 Å². The molecule has 0 aliphatic heterocycles. The van der Waals surface area contributed by atoms with E-state index in [4.69, 9.17) is 0 Å². The summed E-state index contributed by atoms with van der Waals surface area (Å²) in [5, 5.41) is 6.05. The van der Waals surface area contributed by atoms with Crippen LogP contribution in [-0.2, 0) is 0 Å². The van der Waals surface area contributed by atoms with Crippen LogP contribution in [0.15, 0.2) is 139 Å². The van der Waals surface area contributed by atoms with E-state index < -0.39 is 0 Å². The highest BCUT2D eigenvalue weighted by Gasteiger charge is 2.20.